The van der Waals surface area contributed by atoms with Crippen molar-refractivity contribution in [2.24, 2.45) is 5.92 Å². The molecule has 3 rings (SSSR count). The third-order valence-electron chi connectivity index (χ3n) is 6.54. The molecule has 0 saturated heterocycles. The number of aromatic nitrogens is 2. The van der Waals surface area contributed by atoms with Crippen molar-refractivity contribution in [3.63, 3.8) is 0 Å². The first-order valence-electron chi connectivity index (χ1n) is 11.8. The van der Waals surface area contributed by atoms with Gasteiger partial charge in [0.1, 0.15) is 5.82 Å². The molecule has 0 spiro atoms. The standard InChI is InChI=1S/C26H37ClN2/c1-3-5-7-9-20-11-13-22(14-12-20)26-28-18-24(19-29-26)23-16-15-21(25(27)17-23)10-8-6-4-2/h15-20,22H,3-14H2,1-2H3/t20-,22-. The quantitative estimate of drug-likeness (QED) is 0.366. The van der Waals surface area contributed by atoms with E-state index in [-0.39, 0.29) is 0 Å². The monoisotopic (exact) mass is 412 g/mol. The van der Waals surface area contributed by atoms with Crippen molar-refractivity contribution < 1.29 is 0 Å². The lowest BCUT2D eigenvalue weighted by atomic mass is 9.79. The largest absolute Gasteiger partial charge is 0.240 e. The van der Waals surface area contributed by atoms with Gasteiger partial charge in [-0.15, -0.1) is 0 Å². The summed E-state index contributed by atoms with van der Waals surface area (Å²) in [5.74, 6) is 2.49. The smallest absolute Gasteiger partial charge is 0.131 e. The van der Waals surface area contributed by atoms with Crippen LogP contribution in [0.15, 0.2) is 30.6 Å². The van der Waals surface area contributed by atoms with Gasteiger partial charge in [0.25, 0.3) is 0 Å². The van der Waals surface area contributed by atoms with Gasteiger partial charge in [-0.05, 0) is 61.6 Å². The first-order valence-corrected chi connectivity index (χ1v) is 12.2. The highest BCUT2D eigenvalue weighted by atomic mass is 35.5. The second kappa shape index (κ2) is 11.7. The van der Waals surface area contributed by atoms with Crippen LogP contribution in [0.1, 0.15) is 102 Å². The first kappa shape index (κ1) is 22.3. The van der Waals surface area contributed by atoms with E-state index in [1.807, 2.05) is 12.4 Å². The molecule has 1 aromatic heterocycles. The molecule has 1 heterocycles. The van der Waals surface area contributed by atoms with Crippen LogP contribution in [0.2, 0.25) is 5.02 Å². The highest BCUT2D eigenvalue weighted by Gasteiger charge is 2.23. The lowest BCUT2D eigenvalue weighted by Gasteiger charge is -2.27. The SMILES string of the molecule is CCCCCc1ccc(-c2cnc([C@H]3CC[C@H](CCCCC)CC3)nc2)cc1Cl. The maximum atomic E-state index is 6.53. The Labute approximate surface area is 182 Å². The van der Waals surface area contributed by atoms with Gasteiger partial charge < -0.3 is 0 Å². The highest BCUT2D eigenvalue weighted by Crippen LogP contribution is 2.36. The Kier molecular flexibility index (Phi) is 8.98. The molecule has 0 N–H and O–H groups in total. The van der Waals surface area contributed by atoms with Crippen LogP contribution in [0.4, 0.5) is 0 Å². The lowest BCUT2D eigenvalue weighted by Crippen LogP contribution is -2.15. The molecule has 0 radical (unpaired) electrons. The van der Waals surface area contributed by atoms with Gasteiger partial charge >= 0.3 is 0 Å². The third kappa shape index (κ3) is 6.54. The Balaban J connectivity index is 1.56. The summed E-state index contributed by atoms with van der Waals surface area (Å²) in [6.07, 6.45) is 19.4. The van der Waals surface area contributed by atoms with E-state index in [0.717, 1.165) is 34.3 Å². The van der Waals surface area contributed by atoms with E-state index in [2.05, 4.69) is 32.0 Å². The number of halogens is 1. The maximum absolute atomic E-state index is 6.53. The van der Waals surface area contributed by atoms with E-state index in [1.165, 1.54) is 76.2 Å². The van der Waals surface area contributed by atoms with E-state index in [4.69, 9.17) is 21.6 Å². The maximum Gasteiger partial charge on any atom is 0.131 e. The molecule has 1 fully saturated rings. The molecule has 2 aromatic rings. The second-order valence-electron chi connectivity index (χ2n) is 8.81. The van der Waals surface area contributed by atoms with Crippen molar-refractivity contribution in [2.75, 3.05) is 0 Å². The van der Waals surface area contributed by atoms with Crippen molar-refractivity contribution in [2.45, 2.75) is 96.8 Å². The first-order chi connectivity index (χ1) is 14.2. The second-order valence-corrected chi connectivity index (χ2v) is 9.21. The van der Waals surface area contributed by atoms with Gasteiger partial charge in [0.05, 0.1) is 0 Å². The normalized spacial score (nSPS) is 19.4. The Morgan fingerprint density at radius 3 is 2.21 bits per heavy atom. The molecule has 0 bridgehead atoms. The van der Waals surface area contributed by atoms with Gasteiger partial charge in [-0.1, -0.05) is 76.1 Å². The van der Waals surface area contributed by atoms with Crippen LogP contribution < -0.4 is 0 Å². The van der Waals surface area contributed by atoms with E-state index in [0.29, 0.717) is 5.92 Å². The fraction of sp³-hybridized carbons (Fsp3) is 0.615. The Morgan fingerprint density at radius 1 is 0.862 bits per heavy atom. The Hall–Kier alpha value is -1.41. The van der Waals surface area contributed by atoms with Gasteiger partial charge in [0.15, 0.2) is 0 Å². The van der Waals surface area contributed by atoms with Crippen LogP contribution in [0.3, 0.4) is 0 Å². The number of aryl methyl sites for hydroxylation is 1. The summed E-state index contributed by atoms with van der Waals surface area (Å²) >= 11 is 6.53. The number of nitrogens with zero attached hydrogens (tertiary/aromatic N) is 2. The Bertz CT molecular complexity index is 733. The van der Waals surface area contributed by atoms with Crippen LogP contribution in [0.5, 0.6) is 0 Å². The fourth-order valence-corrected chi connectivity index (χ4v) is 4.86. The van der Waals surface area contributed by atoms with Gasteiger partial charge in [-0.2, -0.15) is 0 Å². The summed E-state index contributed by atoms with van der Waals surface area (Å²) in [7, 11) is 0. The predicted molar refractivity (Wildman–Crippen MR) is 125 cm³/mol. The molecular formula is C26H37ClN2. The minimum atomic E-state index is 0.538. The molecule has 1 aliphatic rings. The van der Waals surface area contributed by atoms with E-state index in [9.17, 15) is 0 Å². The Morgan fingerprint density at radius 2 is 1.55 bits per heavy atom. The van der Waals surface area contributed by atoms with Crippen LogP contribution in [0.25, 0.3) is 11.1 Å². The number of unbranched alkanes of at least 4 members (excludes halogenated alkanes) is 4. The van der Waals surface area contributed by atoms with Crippen molar-refractivity contribution in [3.8, 4) is 11.1 Å². The third-order valence-corrected chi connectivity index (χ3v) is 6.89. The molecule has 0 aliphatic heterocycles. The zero-order chi connectivity index (χ0) is 20.5. The van der Waals surface area contributed by atoms with Crippen LogP contribution in [0, 0.1) is 5.92 Å². The highest BCUT2D eigenvalue weighted by molar-refractivity contribution is 6.31. The van der Waals surface area contributed by atoms with E-state index < -0.39 is 0 Å². The summed E-state index contributed by atoms with van der Waals surface area (Å²) < 4.78 is 0. The van der Waals surface area contributed by atoms with Crippen molar-refractivity contribution in [1.29, 1.82) is 0 Å². The summed E-state index contributed by atoms with van der Waals surface area (Å²) in [4.78, 5) is 9.48. The van der Waals surface area contributed by atoms with Gasteiger partial charge in [0, 0.05) is 28.9 Å². The molecule has 3 heteroatoms. The molecule has 1 aromatic carbocycles. The average Bonchev–Trinajstić information content (AvgIpc) is 2.76. The van der Waals surface area contributed by atoms with Crippen LogP contribution >= 0.6 is 11.6 Å². The van der Waals surface area contributed by atoms with E-state index in [1.54, 1.807) is 0 Å². The molecule has 0 amide bonds. The summed E-state index contributed by atoms with van der Waals surface area (Å²) in [5, 5.41) is 0.865. The number of rotatable bonds is 10. The van der Waals surface area contributed by atoms with Gasteiger partial charge in [-0.25, -0.2) is 9.97 Å². The predicted octanol–water partition coefficient (Wildman–Crippen LogP) is 8.38. The van der Waals surface area contributed by atoms with Crippen molar-refractivity contribution >= 4 is 11.6 Å². The molecule has 0 atom stereocenters. The van der Waals surface area contributed by atoms with Crippen LogP contribution in [-0.4, -0.2) is 9.97 Å². The van der Waals surface area contributed by atoms with Crippen LogP contribution in [-0.2, 0) is 6.42 Å². The number of benzene rings is 1. The molecule has 1 saturated carbocycles. The molecule has 2 nitrogen and oxygen atoms in total. The number of hydrogen-bond donors (Lipinski definition) is 0. The molecular weight excluding hydrogens is 376 g/mol. The minimum absolute atomic E-state index is 0.538. The molecule has 0 unspecified atom stereocenters. The van der Waals surface area contributed by atoms with Gasteiger partial charge in [-0.3, -0.25) is 0 Å². The molecule has 158 valence electrons. The minimum Gasteiger partial charge on any atom is -0.240 e. The lowest BCUT2D eigenvalue weighted by molar-refractivity contribution is 0.297. The summed E-state index contributed by atoms with van der Waals surface area (Å²) in [6, 6.07) is 6.40. The van der Waals surface area contributed by atoms with Crippen molar-refractivity contribution in [3.05, 3.63) is 47.0 Å². The fourth-order valence-electron chi connectivity index (χ4n) is 4.59. The average molecular weight is 413 g/mol. The zero-order valence-corrected chi connectivity index (χ0v) is 19.1. The summed E-state index contributed by atoms with van der Waals surface area (Å²) in [5.41, 5.74) is 3.42. The number of hydrogen-bond acceptors (Lipinski definition) is 2. The van der Waals surface area contributed by atoms with Crippen molar-refractivity contribution in [1.82, 2.24) is 9.97 Å². The molecule has 29 heavy (non-hydrogen) atoms. The van der Waals surface area contributed by atoms with E-state index >= 15 is 0 Å². The summed E-state index contributed by atoms with van der Waals surface area (Å²) in [6.45, 7) is 4.52. The molecule has 1 aliphatic carbocycles. The zero-order valence-electron chi connectivity index (χ0n) is 18.3. The van der Waals surface area contributed by atoms with Gasteiger partial charge in [0.2, 0.25) is 0 Å². The topological polar surface area (TPSA) is 25.8 Å².